The van der Waals surface area contributed by atoms with E-state index in [1.807, 2.05) is 0 Å². The second-order valence-electron chi connectivity index (χ2n) is 5.76. The van der Waals surface area contributed by atoms with Gasteiger partial charge in [0, 0.05) is 45.0 Å². The van der Waals surface area contributed by atoms with Gasteiger partial charge in [-0.25, -0.2) is 4.79 Å². The number of aliphatic carboxylic acids is 1. The van der Waals surface area contributed by atoms with Crippen molar-refractivity contribution in [1.82, 2.24) is 4.90 Å². The highest BCUT2D eigenvalue weighted by Crippen LogP contribution is 2.30. The summed E-state index contributed by atoms with van der Waals surface area (Å²) >= 11 is 0. The number of nitrogens with zero attached hydrogens (tertiary/aromatic N) is 1. The molecule has 1 aliphatic heterocycles. The second-order valence-corrected chi connectivity index (χ2v) is 5.76. The van der Waals surface area contributed by atoms with E-state index in [9.17, 15) is 9.59 Å². The first-order valence-corrected chi connectivity index (χ1v) is 8.13. The first-order chi connectivity index (χ1) is 12.0. The van der Waals surface area contributed by atoms with E-state index < -0.39 is 11.9 Å². The van der Waals surface area contributed by atoms with E-state index in [0.717, 1.165) is 6.42 Å². The first kappa shape index (κ1) is 18.9. The number of hydrogen-bond acceptors (Lipinski definition) is 5. The molecule has 1 aromatic carbocycles. The second kappa shape index (κ2) is 9.12. The molecule has 0 radical (unpaired) electrons. The number of ether oxygens (including phenoxy) is 3. The molecule has 8 nitrogen and oxygen atoms in total. The molecule has 0 aromatic heterocycles. The number of hydrogen-bond donors (Lipinski definition) is 2. The Balaban J connectivity index is 1.93. The number of likely N-dealkylation sites (tertiary alicyclic amines) is 1. The van der Waals surface area contributed by atoms with Crippen molar-refractivity contribution >= 4 is 17.7 Å². The third kappa shape index (κ3) is 5.25. The summed E-state index contributed by atoms with van der Waals surface area (Å²) in [5.74, 6) is -0.265. The summed E-state index contributed by atoms with van der Waals surface area (Å²) in [6.07, 6.45) is 1.23. The van der Waals surface area contributed by atoms with Gasteiger partial charge in [-0.15, -0.1) is 0 Å². The highest BCUT2D eigenvalue weighted by molar-refractivity contribution is 5.90. The molecule has 2 rings (SSSR count). The van der Waals surface area contributed by atoms with Crippen molar-refractivity contribution in [1.29, 1.82) is 0 Å². The van der Waals surface area contributed by atoms with E-state index in [1.165, 1.54) is 12.0 Å². The van der Waals surface area contributed by atoms with Crippen LogP contribution in [0.5, 0.6) is 11.5 Å². The lowest BCUT2D eigenvalue weighted by Crippen LogP contribution is -2.33. The van der Waals surface area contributed by atoms with Crippen LogP contribution in [0.25, 0.3) is 0 Å². The van der Waals surface area contributed by atoms with E-state index in [1.54, 1.807) is 25.3 Å². The average Bonchev–Trinajstić information content (AvgIpc) is 3.10. The maximum absolute atomic E-state index is 12.2. The zero-order chi connectivity index (χ0) is 18.2. The molecule has 1 heterocycles. The molecule has 0 bridgehead atoms. The minimum absolute atomic E-state index is 0.221. The zero-order valence-corrected chi connectivity index (χ0v) is 14.5. The quantitative estimate of drug-likeness (QED) is 0.695. The molecule has 2 amide bonds. The number of nitrogens with one attached hydrogen (secondary N) is 1. The highest BCUT2D eigenvalue weighted by atomic mass is 16.5. The van der Waals surface area contributed by atoms with Gasteiger partial charge in [0.05, 0.1) is 19.6 Å². The van der Waals surface area contributed by atoms with Crippen molar-refractivity contribution in [3.05, 3.63) is 18.2 Å². The molecule has 0 aliphatic carbocycles. The minimum Gasteiger partial charge on any atom is -0.493 e. The lowest BCUT2D eigenvalue weighted by atomic mass is 10.1. The lowest BCUT2D eigenvalue weighted by Gasteiger charge is -2.18. The third-order valence-corrected chi connectivity index (χ3v) is 3.99. The van der Waals surface area contributed by atoms with E-state index in [-0.39, 0.29) is 12.6 Å². The number of urea groups is 1. The van der Waals surface area contributed by atoms with Gasteiger partial charge in [-0.05, 0) is 18.6 Å². The topological polar surface area (TPSA) is 97.3 Å². The SMILES string of the molecule is COCCCOc1ccc(NC(=O)N2CCC(C(=O)O)C2)cc1OC. The van der Waals surface area contributed by atoms with Gasteiger partial charge in [-0.1, -0.05) is 0 Å². The van der Waals surface area contributed by atoms with Crippen LogP contribution in [0.4, 0.5) is 10.5 Å². The number of benzene rings is 1. The summed E-state index contributed by atoms with van der Waals surface area (Å²) in [6, 6.07) is 4.80. The zero-order valence-electron chi connectivity index (χ0n) is 14.5. The number of carboxylic acids is 1. The Hall–Kier alpha value is -2.48. The monoisotopic (exact) mass is 352 g/mol. The molecule has 1 fully saturated rings. The maximum atomic E-state index is 12.2. The fourth-order valence-corrected chi connectivity index (χ4v) is 2.60. The first-order valence-electron chi connectivity index (χ1n) is 8.13. The lowest BCUT2D eigenvalue weighted by molar-refractivity contribution is -0.141. The largest absolute Gasteiger partial charge is 0.493 e. The van der Waals surface area contributed by atoms with Crippen molar-refractivity contribution in [2.45, 2.75) is 12.8 Å². The number of anilines is 1. The van der Waals surface area contributed by atoms with Crippen molar-refractivity contribution in [2.75, 3.05) is 45.8 Å². The Morgan fingerprint density at radius 1 is 1.28 bits per heavy atom. The molecule has 0 saturated carbocycles. The van der Waals surface area contributed by atoms with E-state index in [0.29, 0.717) is 43.4 Å². The summed E-state index contributed by atoms with van der Waals surface area (Å²) in [5.41, 5.74) is 0.560. The van der Waals surface area contributed by atoms with Crippen LogP contribution < -0.4 is 14.8 Å². The Bertz CT molecular complexity index is 607. The van der Waals surface area contributed by atoms with Crippen molar-refractivity contribution in [2.24, 2.45) is 5.92 Å². The van der Waals surface area contributed by atoms with Gasteiger partial charge in [0.15, 0.2) is 11.5 Å². The predicted molar refractivity (Wildman–Crippen MR) is 91.3 cm³/mol. The van der Waals surface area contributed by atoms with Gasteiger partial charge in [-0.3, -0.25) is 4.79 Å². The number of carbonyl (C=O) groups excluding carboxylic acids is 1. The molecular weight excluding hydrogens is 328 g/mol. The fourth-order valence-electron chi connectivity index (χ4n) is 2.60. The Labute approximate surface area is 146 Å². The van der Waals surface area contributed by atoms with Crippen LogP contribution >= 0.6 is 0 Å². The standard InChI is InChI=1S/C17H24N2O6/c1-23-8-3-9-25-14-5-4-13(10-15(14)24-2)18-17(22)19-7-6-12(11-19)16(20)21/h4-5,10,12H,3,6-9,11H2,1-2H3,(H,18,22)(H,20,21). The maximum Gasteiger partial charge on any atom is 0.321 e. The summed E-state index contributed by atoms with van der Waals surface area (Å²) in [6.45, 7) is 1.77. The van der Waals surface area contributed by atoms with E-state index >= 15 is 0 Å². The molecule has 2 N–H and O–H groups in total. The Kier molecular flexibility index (Phi) is 6.88. The Morgan fingerprint density at radius 2 is 2.08 bits per heavy atom. The van der Waals surface area contributed by atoms with Crippen molar-refractivity contribution in [3.63, 3.8) is 0 Å². The number of carbonyl (C=O) groups is 2. The highest BCUT2D eigenvalue weighted by Gasteiger charge is 2.30. The molecule has 25 heavy (non-hydrogen) atoms. The van der Waals surface area contributed by atoms with E-state index in [2.05, 4.69) is 5.32 Å². The van der Waals surface area contributed by atoms with Crippen molar-refractivity contribution < 1.29 is 28.9 Å². The fraction of sp³-hybridized carbons (Fsp3) is 0.529. The molecular formula is C17H24N2O6. The molecule has 1 aliphatic rings. The predicted octanol–water partition coefficient (Wildman–Crippen LogP) is 2.05. The summed E-state index contributed by atoms with van der Waals surface area (Å²) in [5, 5.41) is 11.8. The number of rotatable bonds is 8. The van der Waals surface area contributed by atoms with Crippen LogP contribution in [-0.2, 0) is 9.53 Å². The molecule has 0 spiro atoms. The summed E-state index contributed by atoms with van der Waals surface area (Å²) < 4.78 is 15.9. The van der Waals surface area contributed by atoms with Crippen LogP contribution in [-0.4, -0.2) is 62.5 Å². The van der Waals surface area contributed by atoms with Gasteiger partial charge < -0.3 is 29.5 Å². The van der Waals surface area contributed by atoms with Gasteiger partial charge in [0.1, 0.15) is 0 Å². The Morgan fingerprint density at radius 3 is 2.72 bits per heavy atom. The van der Waals surface area contributed by atoms with Crippen LogP contribution in [0.15, 0.2) is 18.2 Å². The number of amides is 2. The average molecular weight is 352 g/mol. The van der Waals surface area contributed by atoms with Crippen LogP contribution in [0.2, 0.25) is 0 Å². The van der Waals surface area contributed by atoms with Gasteiger partial charge in [0.2, 0.25) is 0 Å². The minimum atomic E-state index is -0.869. The van der Waals surface area contributed by atoms with Gasteiger partial charge in [-0.2, -0.15) is 0 Å². The normalized spacial score (nSPS) is 16.6. The smallest absolute Gasteiger partial charge is 0.321 e. The van der Waals surface area contributed by atoms with Gasteiger partial charge in [0.25, 0.3) is 0 Å². The third-order valence-electron chi connectivity index (χ3n) is 3.99. The van der Waals surface area contributed by atoms with Crippen LogP contribution in [0.3, 0.4) is 0 Å². The van der Waals surface area contributed by atoms with Crippen LogP contribution in [0, 0.1) is 5.92 Å². The summed E-state index contributed by atoms with van der Waals surface area (Å²) in [4.78, 5) is 24.7. The molecule has 1 aromatic rings. The molecule has 1 saturated heterocycles. The molecule has 8 heteroatoms. The van der Waals surface area contributed by atoms with Crippen molar-refractivity contribution in [3.8, 4) is 11.5 Å². The van der Waals surface area contributed by atoms with Gasteiger partial charge >= 0.3 is 12.0 Å². The molecule has 138 valence electrons. The van der Waals surface area contributed by atoms with Crippen LogP contribution in [0.1, 0.15) is 12.8 Å². The molecule has 1 atom stereocenters. The molecule has 1 unspecified atom stereocenters. The number of carboxylic acid groups (broad SMARTS) is 1. The van der Waals surface area contributed by atoms with E-state index in [4.69, 9.17) is 19.3 Å². The summed E-state index contributed by atoms with van der Waals surface area (Å²) in [7, 11) is 3.16. The number of methoxy groups -OCH3 is 2.